The maximum atomic E-state index is 13.5. The van der Waals surface area contributed by atoms with Crippen LogP contribution in [0.25, 0.3) is 6.08 Å². The van der Waals surface area contributed by atoms with Crippen LogP contribution in [0.5, 0.6) is 5.75 Å². The Balaban J connectivity index is 1.46. The van der Waals surface area contributed by atoms with E-state index in [1.54, 1.807) is 11.5 Å². The molecule has 6 nitrogen and oxygen atoms in total. The Morgan fingerprint density at radius 2 is 1.89 bits per heavy atom. The van der Waals surface area contributed by atoms with Crippen molar-refractivity contribution in [1.29, 1.82) is 0 Å². The maximum absolute atomic E-state index is 13.5. The van der Waals surface area contributed by atoms with Crippen LogP contribution in [0, 0.1) is 0 Å². The van der Waals surface area contributed by atoms with Gasteiger partial charge in [-0.1, -0.05) is 57.6 Å². The van der Waals surface area contributed by atoms with Gasteiger partial charge in [0.15, 0.2) is 4.80 Å². The number of fused-ring (bicyclic) bond motifs is 1. The molecule has 1 unspecified atom stereocenters. The van der Waals surface area contributed by atoms with Gasteiger partial charge in [0.1, 0.15) is 18.4 Å². The molecule has 0 saturated carbocycles. The molecule has 3 heterocycles. The van der Waals surface area contributed by atoms with E-state index in [0.29, 0.717) is 27.2 Å². The molecule has 4 aromatic rings. The second-order valence-corrected chi connectivity index (χ2v) is 11.0. The van der Waals surface area contributed by atoms with Crippen molar-refractivity contribution in [3.05, 3.63) is 117 Å². The smallest absolute Gasteiger partial charge is 0.338 e. The van der Waals surface area contributed by atoms with Gasteiger partial charge in [0.2, 0.25) is 0 Å². The van der Waals surface area contributed by atoms with Crippen LogP contribution in [-0.4, -0.2) is 17.6 Å². The van der Waals surface area contributed by atoms with Gasteiger partial charge in [-0.05, 0) is 59.8 Å². The minimum atomic E-state index is -0.565. The van der Waals surface area contributed by atoms with Crippen LogP contribution >= 0.6 is 38.6 Å². The van der Waals surface area contributed by atoms with Crippen molar-refractivity contribution in [1.82, 2.24) is 4.57 Å². The van der Waals surface area contributed by atoms with Crippen molar-refractivity contribution < 1.29 is 14.3 Å². The summed E-state index contributed by atoms with van der Waals surface area (Å²) in [4.78, 5) is 32.2. The van der Waals surface area contributed by atoms with E-state index in [1.807, 2.05) is 72.1 Å². The first kappa shape index (κ1) is 24.4. The molecule has 2 aromatic heterocycles. The Hall–Kier alpha value is -3.27. The van der Waals surface area contributed by atoms with Gasteiger partial charge in [0.25, 0.3) is 5.56 Å². The van der Waals surface area contributed by atoms with Crippen LogP contribution < -0.4 is 19.6 Å². The van der Waals surface area contributed by atoms with Crippen molar-refractivity contribution in [2.24, 2.45) is 4.99 Å². The average molecular weight is 582 g/mol. The van der Waals surface area contributed by atoms with Crippen molar-refractivity contribution >= 4 is 50.6 Å². The molecule has 1 atom stereocenters. The molecule has 0 fully saturated rings. The zero-order chi connectivity index (χ0) is 25.2. The van der Waals surface area contributed by atoms with Gasteiger partial charge in [-0.3, -0.25) is 9.36 Å². The molecule has 0 saturated heterocycles. The Morgan fingerprint density at radius 3 is 2.56 bits per heavy atom. The predicted octanol–water partition coefficient (Wildman–Crippen LogP) is 4.81. The minimum absolute atomic E-state index is 0.193. The number of carbonyl (C=O) groups is 1. The Kier molecular flexibility index (Phi) is 7.04. The van der Waals surface area contributed by atoms with Gasteiger partial charge < -0.3 is 9.47 Å². The fourth-order valence-electron chi connectivity index (χ4n) is 3.97. The van der Waals surface area contributed by atoms with E-state index in [2.05, 4.69) is 20.9 Å². The van der Waals surface area contributed by atoms with Gasteiger partial charge >= 0.3 is 5.97 Å². The summed E-state index contributed by atoms with van der Waals surface area (Å²) in [5, 5.41) is 1.93. The number of hydrogen-bond acceptors (Lipinski definition) is 7. The Morgan fingerprint density at radius 1 is 1.14 bits per heavy atom. The lowest BCUT2D eigenvalue weighted by molar-refractivity contribution is -0.136. The van der Waals surface area contributed by atoms with E-state index >= 15 is 0 Å². The third-order valence-electron chi connectivity index (χ3n) is 5.74. The standard InChI is InChI=1S/C27H21BrN2O4S2/c1-16-23(26(32)33-2)24(21-4-3-13-35-21)30-25(31)22(36-27(30)29-16)14-17-7-11-20(12-8-17)34-15-18-5-9-19(28)10-6-18/h3-14,24H,15H2,1-2H3. The lowest BCUT2D eigenvalue weighted by Crippen LogP contribution is -2.39. The molecule has 5 rings (SSSR count). The van der Waals surface area contributed by atoms with E-state index in [9.17, 15) is 9.59 Å². The van der Waals surface area contributed by atoms with Crippen molar-refractivity contribution in [2.45, 2.75) is 19.6 Å². The fraction of sp³-hybridized carbons (Fsp3) is 0.148. The van der Waals surface area contributed by atoms with Gasteiger partial charge in [-0.15, -0.1) is 11.3 Å². The van der Waals surface area contributed by atoms with E-state index < -0.39 is 12.0 Å². The molecule has 0 N–H and O–H groups in total. The zero-order valence-electron chi connectivity index (χ0n) is 19.4. The predicted molar refractivity (Wildman–Crippen MR) is 145 cm³/mol. The number of aromatic nitrogens is 1. The summed E-state index contributed by atoms with van der Waals surface area (Å²) in [5.74, 6) is 0.259. The average Bonchev–Trinajstić information content (AvgIpc) is 3.52. The highest BCUT2D eigenvalue weighted by Crippen LogP contribution is 2.33. The van der Waals surface area contributed by atoms with E-state index in [4.69, 9.17) is 9.47 Å². The summed E-state index contributed by atoms with van der Waals surface area (Å²) in [5.41, 5.74) is 2.69. The maximum Gasteiger partial charge on any atom is 0.338 e. The largest absolute Gasteiger partial charge is 0.489 e. The minimum Gasteiger partial charge on any atom is -0.489 e. The van der Waals surface area contributed by atoms with E-state index in [-0.39, 0.29) is 5.56 Å². The van der Waals surface area contributed by atoms with Crippen molar-refractivity contribution in [3.8, 4) is 5.75 Å². The van der Waals surface area contributed by atoms with Crippen molar-refractivity contribution in [3.63, 3.8) is 0 Å². The first-order chi connectivity index (χ1) is 17.4. The third kappa shape index (κ3) is 4.86. The van der Waals surface area contributed by atoms with Crippen LogP contribution in [0.2, 0.25) is 0 Å². The van der Waals surface area contributed by atoms with Gasteiger partial charge in [-0.25, -0.2) is 9.79 Å². The lowest BCUT2D eigenvalue weighted by Gasteiger charge is -2.22. The number of hydrogen-bond donors (Lipinski definition) is 0. The molecule has 0 aliphatic carbocycles. The molecule has 1 aliphatic heterocycles. The molecule has 36 heavy (non-hydrogen) atoms. The topological polar surface area (TPSA) is 69.9 Å². The second kappa shape index (κ2) is 10.4. The Bertz CT molecular complexity index is 1620. The lowest BCUT2D eigenvalue weighted by atomic mass is 10.0. The first-order valence-corrected chi connectivity index (χ1v) is 13.5. The van der Waals surface area contributed by atoms with Crippen LogP contribution in [0.4, 0.5) is 0 Å². The Labute approximate surface area is 223 Å². The summed E-state index contributed by atoms with van der Waals surface area (Å²) in [7, 11) is 1.34. The monoisotopic (exact) mass is 580 g/mol. The molecule has 1 aliphatic rings. The van der Waals surface area contributed by atoms with E-state index in [0.717, 1.165) is 26.2 Å². The number of nitrogens with zero attached hydrogens (tertiary/aromatic N) is 2. The highest BCUT2D eigenvalue weighted by atomic mass is 79.9. The van der Waals surface area contributed by atoms with Gasteiger partial charge in [0, 0.05) is 9.35 Å². The normalized spacial score (nSPS) is 15.4. The summed E-state index contributed by atoms with van der Waals surface area (Å²) in [6, 6.07) is 18.8. The number of allylic oxidation sites excluding steroid dienone is 1. The van der Waals surface area contributed by atoms with E-state index in [1.165, 1.54) is 29.8 Å². The number of ether oxygens (including phenoxy) is 2. The molecule has 182 valence electrons. The SMILES string of the molecule is COC(=O)C1=C(C)N=c2sc(=Cc3ccc(OCc4ccc(Br)cc4)cc3)c(=O)n2C1c1cccs1. The number of methoxy groups -OCH3 is 1. The van der Waals surface area contributed by atoms with Gasteiger partial charge in [-0.2, -0.15) is 0 Å². The molecule has 0 spiro atoms. The highest BCUT2D eigenvalue weighted by molar-refractivity contribution is 9.10. The van der Waals surface area contributed by atoms with Crippen LogP contribution in [0.15, 0.2) is 91.6 Å². The number of halogens is 1. The zero-order valence-corrected chi connectivity index (χ0v) is 22.7. The summed E-state index contributed by atoms with van der Waals surface area (Å²) in [6.07, 6.45) is 1.84. The van der Waals surface area contributed by atoms with Crippen LogP contribution in [0.1, 0.15) is 29.0 Å². The number of benzene rings is 2. The molecule has 9 heteroatoms. The molecule has 0 amide bonds. The quantitative estimate of drug-likeness (QED) is 0.307. The van der Waals surface area contributed by atoms with Crippen molar-refractivity contribution in [2.75, 3.05) is 7.11 Å². The molecule has 0 radical (unpaired) electrons. The number of rotatable bonds is 6. The number of esters is 1. The second-order valence-electron chi connectivity index (χ2n) is 8.07. The third-order valence-corrected chi connectivity index (χ3v) is 8.17. The summed E-state index contributed by atoms with van der Waals surface area (Å²) < 4.78 is 14.1. The number of thiazole rings is 1. The van der Waals surface area contributed by atoms with Gasteiger partial charge in [0.05, 0.1) is 22.9 Å². The number of carbonyl (C=O) groups excluding carboxylic acids is 1. The first-order valence-electron chi connectivity index (χ1n) is 11.1. The number of thiophene rings is 1. The molecular weight excluding hydrogens is 560 g/mol. The summed E-state index contributed by atoms with van der Waals surface area (Å²) >= 11 is 6.23. The van der Waals surface area contributed by atoms with Crippen LogP contribution in [0.3, 0.4) is 0 Å². The highest BCUT2D eigenvalue weighted by Gasteiger charge is 2.33. The summed E-state index contributed by atoms with van der Waals surface area (Å²) in [6.45, 7) is 2.24. The van der Waals surface area contributed by atoms with Crippen LogP contribution in [-0.2, 0) is 16.1 Å². The molecular formula is C27H21BrN2O4S2. The molecule has 0 bridgehead atoms. The molecule has 2 aromatic carbocycles. The fourth-order valence-corrected chi connectivity index (χ4v) is 6.10.